The largest absolute Gasteiger partial charge is 0.292 e. The first-order chi connectivity index (χ1) is 9.54. The molecule has 104 valence electrons. The minimum absolute atomic E-state index is 0.0674. The van der Waals surface area contributed by atoms with Crippen molar-refractivity contribution in [2.45, 2.75) is 25.3 Å². The van der Waals surface area contributed by atoms with E-state index in [1.807, 2.05) is 0 Å². The van der Waals surface area contributed by atoms with Crippen molar-refractivity contribution in [1.82, 2.24) is 9.55 Å². The summed E-state index contributed by atoms with van der Waals surface area (Å²) in [5, 5.41) is 0.271. The molecule has 0 bridgehead atoms. The zero-order chi connectivity index (χ0) is 14.3. The van der Waals surface area contributed by atoms with Crippen LogP contribution in [0.5, 0.6) is 0 Å². The van der Waals surface area contributed by atoms with Gasteiger partial charge in [-0.1, -0.05) is 29.3 Å². The maximum absolute atomic E-state index is 13.5. The molecule has 1 aromatic carbocycles. The third kappa shape index (κ3) is 2.72. The van der Waals surface area contributed by atoms with Gasteiger partial charge in [-0.3, -0.25) is 9.36 Å². The third-order valence-corrected chi connectivity index (χ3v) is 3.77. The van der Waals surface area contributed by atoms with Crippen molar-refractivity contribution < 1.29 is 4.39 Å². The molecule has 1 aliphatic carbocycles. The van der Waals surface area contributed by atoms with Crippen molar-refractivity contribution in [2.24, 2.45) is 0 Å². The topological polar surface area (TPSA) is 34.9 Å². The SMILES string of the molecule is O=c1cc(Cl)nc(C2CC2)n1Cc1ccc(Cl)c(F)c1. The van der Waals surface area contributed by atoms with E-state index in [4.69, 9.17) is 23.2 Å². The van der Waals surface area contributed by atoms with Gasteiger partial charge in [-0.05, 0) is 30.5 Å². The second-order valence-corrected chi connectivity index (χ2v) is 5.68. The van der Waals surface area contributed by atoms with Crippen molar-refractivity contribution in [3.8, 4) is 0 Å². The molecule has 1 heterocycles. The highest BCUT2D eigenvalue weighted by Crippen LogP contribution is 2.39. The number of halogens is 3. The molecule has 1 aliphatic rings. The van der Waals surface area contributed by atoms with E-state index < -0.39 is 5.82 Å². The summed E-state index contributed by atoms with van der Waals surface area (Å²) >= 11 is 11.5. The van der Waals surface area contributed by atoms with E-state index in [2.05, 4.69) is 4.98 Å². The lowest BCUT2D eigenvalue weighted by Crippen LogP contribution is -2.24. The normalized spacial score (nSPS) is 14.6. The van der Waals surface area contributed by atoms with Crippen LogP contribution in [-0.4, -0.2) is 9.55 Å². The molecule has 0 radical (unpaired) electrons. The summed E-state index contributed by atoms with van der Waals surface area (Å²) in [5.41, 5.74) is 0.447. The molecule has 0 unspecified atom stereocenters. The molecule has 3 nitrogen and oxygen atoms in total. The van der Waals surface area contributed by atoms with Gasteiger partial charge in [-0.25, -0.2) is 9.37 Å². The third-order valence-electron chi connectivity index (χ3n) is 3.27. The summed E-state index contributed by atoms with van der Waals surface area (Å²) in [6.07, 6.45) is 2.00. The van der Waals surface area contributed by atoms with Crippen molar-refractivity contribution >= 4 is 23.2 Å². The second kappa shape index (κ2) is 5.19. The molecule has 0 saturated heterocycles. The monoisotopic (exact) mass is 312 g/mol. The van der Waals surface area contributed by atoms with Crippen molar-refractivity contribution in [3.05, 3.63) is 62.0 Å². The molecule has 6 heteroatoms. The Morgan fingerprint density at radius 1 is 1.30 bits per heavy atom. The van der Waals surface area contributed by atoms with Crippen LogP contribution in [0.3, 0.4) is 0 Å². The van der Waals surface area contributed by atoms with Gasteiger partial charge in [-0.15, -0.1) is 0 Å². The first-order valence-electron chi connectivity index (χ1n) is 6.26. The van der Waals surface area contributed by atoms with Gasteiger partial charge in [-0.2, -0.15) is 0 Å². The maximum Gasteiger partial charge on any atom is 0.255 e. The van der Waals surface area contributed by atoms with Crippen LogP contribution in [0.4, 0.5) is 4.39 Å². The van der Waals surface area contributed by atoms with E-state index in [9.17, 15) is 9.18 Å². The fourth-order valence-corrected chi connectivity index (χ4v) is 2.42. The Kier molecular flexibility index (Phi) is 3.52. The molecule has 0 atom stereocenters. The summed E-state index contributed by atoms with van der Waals surface area (Å²) < 4.78 is 15.0. The Hall–Kier alpha value is -1.39. The number of nitrogens with zero attached hydrogens (tertiary/aromatic N) is 2. The van der Waals surface area contributed by atoms with Crippen LogP contribution in [0.25, 0.3) is 0 Å². The summed E-state index contributed by atoms with van der Waals surface area (Å²) in [6.45, 7) is 0.267. The molecular weight excluding hydrogens is 302 g/mol. The van der Waals surface area contributed by atoms with Gasteiger partial charge in [0.2, 0.25) is 0 Å². The Labute approximate surface area is 125 Å². The minimum atomic E-state index is -0.493. The number of hydrogen-bond acceptors (Lipinski definition) is 2. The lowest BCUT2D eigenvalue weighted by atomic mass is 10.2. The Bertz CT molecular complexity index is 726. The van der Waals surface area contributed by atoms with Crippen molar-refractivity contribution in [2.75, 3.05) is 0 Å². The quantitative estimate of drug-likeness (QED) is 0.811. The van der Waals surface area contributed by atoms with Crippen LogP contribution in [-0.2, 0) is 6.54 Å². The number of aromatic nitrogens is 2. The van der Waals surface area contributed by atoms with E-state index in [0.29, 0.717) is 11.4 Å². The molecule has 0 aliphatic heterocycles. The van der Waals surface area contributed by atoms with Crippen LogP contribution < -0.4 is 5.56 Å². The van der Waals surface area contributed by atoms with Gasteiger partial charge in [0, 0.05) is 12.0 Å². The van der Waals surface area contributed by atoms with Gasteiger partial charge in [0.1, 0.15) is 16.8 Å². The molecule has 1 fully saturated rings. The highest BCUT2D eigenvalue weighted by molar-refractivity contribution is 6.30. The molecule has 0 spiro atoms. The van der Waals surface area contributed by atoms with Gasteiger partial charge >= 0.3 is 0 Å². The summed E-state index contributed by atoms with van der Waals surface area (Å²) in [7, 11) is 0. The molecule has 20 heavy (non-hydrogen) atoms. The molecular formula is C14H11Cl2FN2O. The zero-order valence-corrected chi connectivity index (χ0v) is 12.0. The molecule has 0 amide bonds. The molecule has 1 saturated carbocycles. The van der Waals surface area contributed by atoms with Gasteiger partial charge < -0.3 is 0 Å². The van der Waals surface area contributed by atoms with E-state index in [-0.39, 0.29) is 28.2 Å². The van der Waals surface area contributed by atoms with E-state index in [1.165, 1.54) is 18.2 Å². The van der Waals surface area contributed by atoms with Crippen LogP contribution in [0.1, 0.15) is 30.1 Å². The number of hydrogen-bond donors (Lipinski definition) is 0. The highest BCUT2D eigenvalue weighted by Gasteiger charge is 2.29. The smallest absolute Gasteiger partial charge is 0.255 e. The average molecular weight is 313 g/mol. The fraction of sp³-hybridized carbons (Fsp3) is 0.286. The highest BCUT2D eigenvalue weighted by atomic mass is 35.5. The lowest BCUT2D eigenvalue weighted by Gasteiger charge is -2.12. The fourth-order valence-electron chi connectivity index (χ4n) is 2.13. The van der Waals surface area contributed by atoms with Crippen LogP contribution >= 0.6 is 23.2 Å². The summed E-state index contributed by atoms with van der Waals surface area (Å²) in [6, 6.07) is 5.79. The number of benzene rings is 1. The summed E-state index contributed by atoms with van der Waals surface area (Å²) in [4.78, 5) is 16.3. The van der Waals surface area contributed by atoms with Gasteiger partial charge in [0.25, 0.3) is 5.56 Å². The molecule has 1 aromatic heterocycles. The van der Waals surface area contributed by atoms with E-state index in [1.54, 1.807) is 10.6 Å². The maximum atomic E-state index is 13.5. The Balaban J connectivity index is 2.01. The molecule has 3 rings (SSSR count). The van der Waals surface area contributed by atoms with Crippen molar-refractivity contribution in [3.63, 3.8) is 0 Å². The van der Waals surface area contributed by atoms with Crippen LogP contribution in [0.15, 0.2) is 29.1 Å². The lowest BCUT2D eigenvalue weighted by molar-refractivity contribution is 0.618. The Morgan fingerprint density at radius 3 is 2.70 bits per heavy atom. The average Bonchev–Trinajstić information content (AvgIpc) is 3.21. The summed E-state index contributed by atoms with van der Waals surface area (Å²) in [5.74, 6) is 0.462. The standard InChI is InChI=1S/C14H11Cl2FN2O/c15-10-4-1-8(5-11(10)17)7-19-13(20)6-12(16)18-14(19)9-2-3-9/h1,4-6,9H,2-3,7H2. The Morgan fingerprint density at radius 2 is 2.05 bits per heavy atom. The number of rotatable bonds is 3. The molecule has 2 aromatic rings. The predicted molar refractivity (Wildman–Crippen MR) is 76.0 cm³/mol. The predicted octanol–water partition coefficient (Wildman–Crippen LogP) is 3.61. The van der Waals surface area contributed by atoms with Crippen LogP contribution in [0.2, 0.25) is 10.2 Å². The first kappa shape index (κ1) is 13.6. The zero-order valence-electron chi connectivity index (χ0n) is 10.4. The van der Waals surface area contributed by atoms with Gasteiger partial charge in [0.05, 0.1) is 11.6 Å². The van der Waals surface area contributed by atoms with E-state index >= 15 is 0 Å². The minimum Gasteiger partial charge on any atom is -0.292 e. The first-order valence-corrected chi connectivity index (χ1v) is 7.01. The second-order valence-electron chi connectivity index (χ2n) is 4.88. The van der Waals surface area contributed by atoms with Crippen molar-refractivity contribution in [1.29, 1.82) is 0 Å². The molecule has 0 N–H and O–H groups in total. The van der Waals surface area contributed by atoms with E-state index in [0.717, 1.165) is 12.8 Å². The van der Waals surface area contributed by atoms with Gasteiger partial charge in [0.15, 0.2) is 0 Å². The van der Waals surface area contributed by atoms with Crippen LogP contribution in [0, 0.1) is 5.82 Å².